The highest BCUT2D eigenvalue weighted by atomic mass is 19.1. The molecule has 0 bridgehead atoms. The standard InChI is InChI=1S/C19H18FN7/c1-25-13-15(12-23-25)18-22-11-14(10-21)19(24-18)27-7-5-26(6-8-27)17-4-2-3-16(20)9-17/h2-4,9,11-13H,5-8H2,1H3. The van der Waals surface area contributed by atoms with Crippen LogP contribution in [0.3, 0.4) is 0 Å². The van der Waals surface area contributed by atoms with Crippen molar-refractivity contribution in [3.63, 3.8) is 0 Å². The quantitative estimate of drug-likeness (QED) is 0.710. The molecule has 0 amide bonds. The van der Waals surface area contributed by atoms with Gasteiger partial charge in [-0.2, -0.15) is 10.4 Å². The first-order chi connectivity index (χ1) is 13.1. The summed E-state index contributed by atoms with van der Waals surface area (Å²) in [5.41, 5.74) is 2.12. The second kappa shape index (κ2) is 7.03. The Morgan fingerprint density at radius 3 is 2.56 bits per heavy atom. The van der Waals surface area contributed by atoms with Crippen LogP contribution in [0.4, 0.5) is 15.9 Å². The molecule has 0 saturated carbocycles. The van der Waals surface area contributed by atoms with Crippen LogP contribution in [-0.4, -0.2) is 45.9 Å². The van der Waals surface area contributed by atoms with Gasteiger partial charge in [0.05, 0.1) is 18.0 Å². The molecule has 0 unspecified atom stereocenters. The van der Waals surface area contributed by atoms with E-state index in [1.54, 1.807) is 29.2 Å². The number of aromatic nitrogens is 4. The molecule has 0 N–H and O–H groups in total. The number of benzene rings is 1. The van der Waals surface area contributed by atoms with Crippen LogP contribution in [-0.2, 0) is 7.05 Å². The van der Waals surface area contributed by atoms with E-state index in [1.165, 1.54) is 6.07 Å². The van der Waals surface area contributed by atoms with Gasteiger partial charge in [0.1, 0.15) is 17.4 Å². The third-order valence-corrected chi connectivity index (χ3v) is 4.60. The smallest absolute Gasteiger partial charge is 0.164 e. The van der Waals surface area contributed by atoms with Crippen molar-refractivity contribution < 1.29 is 4.39 Å². The summed E-state index contributed by atoms with van der Waals surface area (Å²) in [6, 6.07) is 8.79. The van der Waals surface area contributed by atoms with Crippen molar-refractivity contribution in [3.05, 3.63) is 54.2 Å². The summed E-state index contributed by atoms with van der Waals surface area (Å²) in [4.78, 5) is 13.1. The highest BCUT2D eigenvalue weighted by Gasteiger charge is 2.22. The Kier molecular flexibility index (Phi) is 4.42. The Morgan fingerprint density at radius 2 is 1.89 bits per heavy atom. The molecular weight excluding hydrogens is 345 g/mol. The fourth-order valence-corrected chi connectivity index (χ4v) is 3.22. The zero-order chi connectivity index (χ0) is 18.8. The van der Waals surface area contributed by atoms with Gasteiger partial charge in [0.15, 0.2) is 11.6 Å². The second-order valence-corrected chi connectivity index (χ2v) is 6.40. The Morgan fingerprint density at radius 1 is 1.11 bits per heavy atom. The molecule has 8 heteroatoms. The molecule has 0 spiro atoms. The maximum absolute atomic E-state index is 13.5. The first-order valence-electron chi connectivity index (χ1n) is 8.65. The first-order valence-corrected chi connectivity index (χ1v) is 8.65. The molecule has 1 saturated heterocycles. The summed E-state index contributed by atoms with van der Waals surface area (Å²) in [7, 11) is 1.83. The van der Waals surface area contributed by atoms with Crippen molar-refractivity contribution in [2.24, 2.45) is 7.05 Å². The molecule has 3 aromatic rings. The fourth-order valence-electron chi connectivity index (χ4n) is 3.22. The highest BCUT2D eigenvalue weighted by Crippen LogP contribution is 2.24. The van der Waals surface area contributed by atoms with Crippen molar-refractivity contribution in [3.8, 4) is 17.5 Å². The van der Waals surface area contributed by atoms with E-state index in [0.29, 0.717) is 30.3 Å². The van der Waals surface area contributed by atoms with Gasteiger partial charge in [0, 0.05) is 45.1 Å². The van der Waals surface area contributed by atoms with Crippen LogP contribution < -0.4 is 9.80 Å². The number of anilines is 2. The molecule has 4 rings (SSSR count). The maximum atomic E-state index is 13.5. The van der Waals surface area contributed by atoms with Crippen molar-refractivity contribution in [2.75, 3.05) is 36.0 Å². The predicted octanol–water partition coefficient (Wildman–Crippen LogP) is 2.21. The van der Waals surface area contributed by atoms with Gasteiger partial charge in [-0.3, -0.25) is 4.68 Å². The van der Waals surface area contributed by atoms with E-state index >= 15 is 0 Å². The Balaban J connectivity index is 1.56. The minimum atomic E-state index is -0.237. The number of hydrogen-bond acceptors (Lipinski definition) is 6. The molecule has 3 heterocycles. The lowest BCUT2D eigenvalue weighted by Crippen LogP contribution is -2.47. The molecule has 136 valence electrons. The van der Waals surface area contributed by atoms with E-state index in [1.807, 2.05) is 19.3 Å². The molecule has 0 atom stereocenters. The Bertz CT molecular complexity index is 999. The Hall–Kier alpha value is -3.47. The van der Waals surface area contributed by atoms with Gasteiger partial charge in [-0.25, -0.2) is 14.4 Å². The molecule has 7 nitrogen and oxygen atoms in total. The van der Waals surface area contributed by atoms with Crippen molar-refractivity contribution >= 4 is 11.5 Å². The first kappa shape index (κ1) is 17.0. The zero-order valence-electron chi connectivity index (χ0n) is 14.9. The second-order valence-electron chi connectivity index (χ2n) is 6.40. The average molecular weight is 363 g/mol. The number of aryl methyl sites for hydroxylation is 1. The molecule has 0 aliphatic carbocycles. The van der Waals surface area contributed by atoms with Gasteiger partial charge in [-0.05, 0) is 18.2 Å². The lowest BCUT2D eigenvalue weighted by Gasteiger charge is -2.37. The summed E-state index contributed by atoms with van der Waals surface area (Å²) in [5, 5.41) is 13.6. The van der Waals surface area contributed by atoms with Crippen LogP contribution in [0.1, 0.15) is 5.56 Å². The van der Waals surface area contributed by atoms with E-state index in [-0.39, 0.29) is 5.82 Å². The van der Waals surface area contributed by atoms with Crippen molar-refractivity contribution in [1.29, 1.82) is 5.26 Å². The number of nitrogens with zero attached hydrogens (tertiary/aromatic N) is 7. The minimum absolute atomic E-state index is 0.237. The molecular formula is C19H18FN7. The van der Waals surface area contributed by atoms with Crippen LogP contribution >= 0.6 is 0 Å². The van der Waals surface area contributed by atoms with Crippen LogP contribution in [0.5, 0.6) is 0 Å². The van der Waals surface area contributed by atoms with Crippen LogP contribution in [0.15, 0.2) is 42.9 Å². The summed E-state index contributed by atoms with van der Waals surface area (Å²) in [5.74, 6) is 0.938. The van der Waals surface area contributed by atoms with Gasteiger partial charge >= 0.3 is 0 Å². The maximum Gasteiger partial charge on any atom is 0.164 e. The normalized spacial score (nSPS) is 14.3. The lowest BCUT2D eigenvalue weighted by molar-refractivity contribution is 0.619. The van der Waals surface area contributed by atoms with Gasteiger partial charge in [-0.15, -0.1) is 0 Å². The summed E-state index contributed by atoms with van der Waals surface area (Å²) < 4.78 is 15.2. The van der Waals surface area contributed by atoms with E-state index in [2.05, 4.69) is 30.9 Å². The molecule has 1 aromatic carbocycles. The van der Waals surface area contributed by atoms with E-state index < -0.39 is 0 Å². The SMILES string of the molecule is Cn1cc(-c2ncc(C#N)c(N3CCN(c4cccc(F)c4)CC3)n2)cn1. The largest absolute Gasteiger partial charge is 0.368 e. The molecule has 2 aromatic heterocycles. The van der Waals surface area contributed by atoms with E-state index in [0.717, 1.165) is 24.3 Å². The predicted molar refractivity (Wildman–Crippen MR) is 99.8 cm³/mol. The lowest BCUT2D eigenvalue weighted by atomic mass is 10.2. The van der Waals surface area contributed by atoms with Crippen LogP contribution in [0.2, 0.25) is 0 Å². The number of nitriles is 1. The summed E-state index contributed by atoms with van der Waals surface area (Å²) in [6.45, 7) is 2.82. The molecule has 1 aliphatic heterocycles. The monoisotopic (exact) mass is 363 g/mol. The van der Waals surface area contributed by atoms with E-state index in [9.17, 15) is 9.65 Å². The van der Waals surface area contributed by atoms with E-state index in [4.69, 9.17) is 0 Å². The molecule has 27 heavy (non-hydrogen) atoms. The molecule has 1 aliphatic rings. The topological polar surface area (TPSA) is 73.9 Å². The Labute approximate surface area is 156 Å². The van der Waals surface area contributed by atoms with Crippen molar-refractivity contribution in [1.82, 2.24) is 19.7 Å². The fraction of sp³-hybridized carbons (Fsp3) is 0.263. The number of hydrogen-bond donors (Lipinski definition) is 0. The molecule has 1 fully saturated rings. The average Bonchev–Trinajstić information content (AvgIpc) is 3.14. The van der Waals surface area contributed by atoms with Gasteiger partial charge in [-0.1, -0.05) is 6.07 Å². The zero-order valence-corrected chi connectivity index (χ0v) is 14.9. The van der Waals surface area contributed by atoms with Crippen molar-refractivity contribution in [2.45, 2.75) is 0 Å². The van der Waals surface area contributed by atoms with Gasteiger partial charge in [0.25, 0.3) is 0 Å². The number of piperazine rings is 1. The van der Waals surface area contributed by atoms with Gasteiger partial charge in [0.2, 0.25) is 0 Å². The summed E-state index contributed by atoms with van der Waals surface area (Å²) >= 11 is 0. The van der Waals surface area contributed by atoms with Gasteiger partial charge < -0.3 is 9.80 Å². The minimum Gasteiger partial charge on any atom is -0.368 e. The van der Waals surface area contributed by atoms with Crippen LogP contribution in [0, 0.1) is 17.1 Å². The highest BCUT2D eigenvalue weighted by molar-refractivity contribution is 5.61. The van der Waals surface area contributed by atoms with Crippen LogP contribution in [0.25, 0.3) is 11.4 Å². The summed E-state index contributed by atoms with van der Waals surface area (Å²) in [6.07, 6.45) is 5.10. The third kappa shape index (κ3) is 3.44. The number of halogens is 1. The third-order valence-electron chi connectivity index (χ3n) is 4.60. The number of rotatable bonds is 3. The molecule has 0 radical (unpaired) electrons.